The van der Waals surface area contributed by atoms with Crippen molar-refractivity contribution in [2.24, 2.45) is 71.4 Å². The molecule has 2 atom stereocenters. The highest BCUT2D eigenvalue weighted by Gasteiger charge is 2.60. The van der Waals surface area contributed by atoms with Crippen molar-refractivity contribution in [2.75, 3.05) is 0 Å². The molecule has 0 saturated heterocycles. The molecule has 7 aliphatic carbocycles. The van der Waals surface area contributed by atoms with Crippen LogP contribution < -0.4 is 0 Å². The number of Topliss-reactive ketones (excluding diaryl/α,β-unsaturated/α-hetero) is 1. The molecule has 7 fully saturated rings. The number of carbonyl (C=O) groups is 7. The van der Waals surface area contributed by atoms with Gasteiger partial charge in [0.05, 0.1) is 50.5 Å². The Kier molecular flexibility index (Phi) is 29.2. The number of rotatable bonds is 15. The summed E-state index contributed by atoms with van der Waals surface area (Å²) in [5.74, 6) is 0.923. The second-order valence-electron chi connectivity index (χ2n) is 24.7. The molecule has 0 amide bonds. The summed E-state index contributed by atoms with van der Waals surface area (Å²) in [4.78, 5) is 109. The minimum absolute atomic E-state index is 0.0780. The molecule has 6 aromatic rings. The lowest BCUT2D eigenvalue weighted by molar-refractivity contribution is -0.112. The molecule has 13 rings (SSSR count). The van der Waals surface area contributed by atoms with Crippen LogP contribution in [0.1, 0.15) is 200 Å². The van der Waals surface area contributed by atoms with Crippen LogP contribution in [0.4, 0.5) is 0 Å². The smallest absolute Gasteiger partial charge is 0.313 e. The quantitative estimate of drug-likeness (QED) is 0.0528. The predicted molar refractivity (Wildman–Crippen MR) is 370 cm³/mol. The van der Waals surface area contributed by atoms with Crippen molar-refractivity contribution in [2.45, 2.75) is 138 Å². The van der Waals surface area contributed by atoms with E-state index in [2.05, 4.69) is 66.2 Å². The van der Waals surface area contributed by atoms with Crippen molar-refractivity contribution < 1.29 is 62.6 Å². The van der Waals surface area contributed by atoms with Crippen LogP contribution in [0.25, 0.3) is 0 Å². The van der Waals surface area contributed by atoms with E-state index in [0.717, 1.165) is 74.4 Å². The zero-order valence-electron chi connectivity index (χ0n) is 55.5. The zero-order chi connectivity index (χ0) is 68.6. The van der Waals surface area contributed by atoms with Gasteiger partial charge in [0.15, 0.2) is 5.78 Å². The topological polar surface area (TPSA) is 249 Å². The Balaban J connectivity index is 0.000000164. The molecule has 6 bridgehead atoms. The lowest BCUT2D eigenvalue weighted by Gasteiger charge is -2.49. The SMILES string of the molecule is C/C=N/OC(=O)c1ccccc1.CC/C=N/OC(=O)c1ccccc1.CC12CCC(C/C1=N/OC(=O)c1ccccc1)C2(C)C.CCC(=O)/C=N/OC(=O)c1ccccc1.O=C(ON=C1C2CC3CC(C2)CC1C3)c1ccccc1.O=C(ON=C1CCCCC1)c1ccccc1. The van der Waals surface area contributed by atoms with Crippen LogP contribution in [0, 0.1) is 40.4 Å². The van der Waals surface area contributed by atoms with Gasteiger partial charge in [-0.1, -0.05) is 181 Å². The van der Waals surface area contributed by atoms with Gasteiger partial charge >= 0.3 is 35.8 Å². The van der Waals surface area contributed by atoms with E-state index >= 15 is 0 Å². The maximum atomic E-state index is 12.0. The molecule has 0 spiro atoms. The summed E-state index contributed by atoms with van der Waals surface area (Å²) in [5, 5.41) is 22.6. The van der Waals surface area contributed by atoms with Gasteiger partial charge in [-0.2, -0.15) is 0 Å². The number of ketones is 1. The molecule has 6 aromatic carbocycles. The van der Waals surface area contributed by atoms with Gasteiger partial charge in [0.1, 0.15) is 6.21 Å². The first-order valence-electron chi connectivity index (χ1n) is 32.9. The Morgan fingerprint density at radius 1 is 0.448 bits per heavy atom. The molecule has 19 nitrogen and oxygen atoms in total. The first kappa shape index (κ1) is 73.2. The lowest BCUT2D eigenvalue weighted by Crippen LogP contribution is -2.45. The summed E-state index contributed by atoms with van der Waals surface area (Å²) in [6, 6.07) is 53.0. The van der Waals surface area contributed by atoms with Crippen molar-refractivity contribution in [3.05, 3.63) is 215 Å². The summed E-state index contributed by atoms with van der Waals surface area (Å²) in [7, 11) is 0. The van der Waals surface area contributed by atoms with Crippen LogP contribution in [0.5, 0.6) is 0 Å². The molecule has 7 saturated carbocycles. The Morgan fingerprint density at radius 2 is 0.812 bits per heavy atom. The maximum Gasteiger partial charge on any atom is 0.365 e. The molecule has 19 heteroatoms. The number of nitrogens with zero attached hydrogens (tertiary/aromatic N) is 6. The minimum Gasteiger partial charge on any atom is -0.313 e. The summed E-state index contributed by atoms with van der Waals surface area (Å²) in [6.45, 7) is 12.2. The average Bonchev–Trinajstić information content (AvgIpc) is 1.53. The largest absolute Gasteiger partial charge is 0.365 e. The van der Waals surface area contributed by atoms with Gasteiger partial charge in [0.25, 0.3) is 0 Å². The van der Waals surface area contributed by atoms with Crippen LogP contribution in [0.2, 0.25) is 0 Å². The first-order valence-corrected chi connectivity index (χ1v) is 32.9. The summed E-state index contributed by atoms with van der Waals surface area (Å²) >= 11 is 0. The summed E-state index contributed by atoms with van der Waals surface area (Å²) in [6.07, 6.45) is 20.4. The molecule has 2 unspecified atom stereocenters. The van der Waals surface area contributed by atoms with E-state index in [1.54, 1.807) is 135 Å². The van der Waals surface area contributed by atoms with Crippen LogP contribution >= 0.6 is 0 Å². The fourth-order valence-corrected chi connectivity index (χ4v) is 12.5. The van der Waals surface area contributed by atoms with Crippen molar-refractivity contribution >= 4 is 77.4 Å². The van der Waals surface area contributed by atoms with E-state index in [-0.39, 0.29) is 34.5 Å². The van der Waals surface area contributed by atoms with Crippen LogP contribution in [-0.4, -0.2) is 77.4 Å². The monoisotopic (exact) mass is 1300 g/mol. The molecule has 96 heavy (non-hydrogen) atoms. The normalized spacial score (nSPS) is 20.7. The third-order valence-electron chi connectivity index (χ3n) is 18.0. The highest BCUT2D eigenvalue weighted by atomic mass is 16.7. The van der Waals surface area contributed by atoms with Crippen molar-refractivity contribution in [1.29, 1.82) is 0 Å². The predicted octanol–water partition coefficient (Wildman–Crippen LogP) is 16.8. The fourth-order valence-electron chi connectivity index (χ4n) is 12.5. The maximum absolute atomic E-state index is 12.0. The van der Waals surface area contributed by atoms with E-state index in [0.29, 0.717) is 57.6 Å². The summed E-state index contributed by atoms with van der Waals surface area (Å²) < 4.78 is 0. The lowest BCUT2D eigenvalue weighted by atomic mass is 9.55. The molecular formula is C77H86N6O13. The molecule has 0 radical (unpaired) electrons. The van der Waals surface area contributed by atoms with Crippen molar-refractivity contribution in [3.8, 4) is 0 Å². The fraction of sp³-hybridized carbons (Fsp3) is 0.364. The van der Waals surface area contributed by atoms with Gasteiger partial charge in [-0.3, -0.25) is 4.79 Å². The second kappa shape index (κ2) is 38.3. The third kappa shape index (κ3) is 22.2. The summed E-state index contributed by atoms with van der Waals surface area (Å²) in [5.41, 5.74) is 6.64. The molecule has 0 aromatic heterocycles. The van der Waals surface area contributed by atoms with Gasteiger partial charge in [-0.15, -0.1) is 0 Å². The standard InChI is InChI=1S/C17H19NO2.C17H21NO2.C13H15NO2.C11H11NO3.C10H11NO2.C9H9NO2/c19-17(13-4-2-1-3-5-13)20-18-16-14-7-11-6-12(9-14)10-15(16)8-11;1-16(2)13-9-10-17(16,3)14(11-13)18-20-15(19)12-7-5-4-6-8-12;15-13(11-7-3-1-4-8-11)16-14-12-9-5-2-6-10-12;1-2-10(13)8-12-15-11(14)9-6-4-3-5-7-9;1-2-8-11-13-10(12)9-6-4-3-5-7-9;1-2-10-12-9(11)8-6-4-3-5-7-8/h1-5,11-12,14-15H,6-10H2;4-8,13H,9-11H2,1-3H3;1,3-4,7-8H,2,5-6,9-10H2;3-8H,2H2,1H3;3-8H,2H2,1H3;2-7H,1H3/b;18-14-;;12-8+;11-8+;10-2+. The highest BCUT2D eigenvalue weighted by molar-refractivity contribution is 6.27. The number of fused-ring (bicyclic) bond motifs is 2. The van der Waals surface area contributed by atoms with Crippen LogP contribution in [0.15, 0.2) is 213 Å². The Hall–Kier alpha value is -10.2. The average molecular weight is 1300 g/mol. The van der Waals surface area contributed by atoms with E-state index < -0.39 is 17.9 Å². The molecule has 0 heterocycles. The Morgan fingerprint density at radius 3 is 1.17 bits per heavy atom. The van der Waals surface area contributed by atoms with Gasteiger partial charge in [0, 0.05) is 36.1 Å². The second-order valence-corrected chi connectivity index (χ2v) is 24.7. The van der Waals surface area contributed by atoms with Gasteiger partial charge in [-0.25, -0.2) is 28.8 Å². The zero-order valence-corrected chi connectivity index (χ0v) is 55.5. The number of carbonyl (C=O) groups excluding carboxylic acids is 7. The van der Waals surface area contributed by atoms with Crippen molar-refractivity contribution in [3.63, 3.8) is 0 Å². The van der Waals surface area contributed by atoms with Gasteiger partial charge < -0.3 is 29.0 Å². The van der Waals surface area contributed by atoms with Gasteiger partial charge in [0.2, 0.25) is 0 Å². The number of benzene rings is 6. The number of hydrogen-bond acceptors (Lipinski definition) is 19. The van der Waals surface area contributed by atoms with Gasteiger partial charge in [-0.05, 0) is 186 Å². The van der Waals surface area contributed by atoms with Crippen LogP contribution in [-0.2, 0) is 33.8 Å². The first-order chi connectivity index (χ1) is 46.5. The molecule has 7 aliphatic rings. The molecular weight excluding hydrogens is 1220 g/mol. The number of hydrogen-bond donors (Lipinski definition) is 0. The molecule has 0 aliphatic heterocycles. The Labute approximate surface area is 562 Å². The minimum atomic E-state index is -0.573. The van der Waals surface area contributed by atoms with E-state index in [1.165, 1.54) is 56.9 Å². The van der Waals surface area contributed by atoms with E-state index in [1.807, 2.05) is 73.7 Å². The van der Waals surface area contributed by atoms with Crippen LogP contribution in [0.3, 0.4) is 0 Å². The van der Waals surface area contributed by atoms with Crippen molar-refractivity contribution in [1.82, 2.24) is 0 Å². The molecule has 502 valence electrons. The third-order valence-corrected chi connectivity index (χ3v) is 18.0. The number of oxime groups is 6. The highest BCUT2D eigenvalue weighted by Crippen LogP contribution is 2.64. The van der Waals surface area contributed by atoms with E-state index in [4.69, 9.17) is 14.5 Å². The molecule has 0 N–H and O–H groups in total. The van der Waals surface area contributed by atoms with E-state index in [9.17, 15) is 33.6 Å². The Bertz CT molecular complexity index is 3640.